The van der Waals surface area contributed by atoms with E-state index in [1.807, 2.05) is 19.1 Å². The number of carbonyl (C=O) groups is 1. The average molecular weight is 194 g/mol. The van der Waals surface area contributed by atoms with Crippen LogP contribution in [0, 0.1) is 0 Å². The quantitative estimate of drug-likeness (QED) is 0.753. The van der Waals surface area contributed by atoms with Crippen LogP contribution in [0.25, 0.3) is 0 Å². The topological polar surface area (TPSA) is 76.2 Å². The molecule has 0 radical (unpaired) electrons. The summed E-state index contributed by atoms with van der Waals surface area (Å²) in [5.41, 5.74) is 7.42. The van der Waals surface area contributed by atoms with Crippen LogP contribution in [0.3, 0.4) is 0 Å². The smallest absolute Gasteiger partial charge is 0.305 e. The Bertz CT molecular complexity index is 308. The largest absolute Gasteiger partial charge is 0.481 e. The van der Waals surface area contributed by atoms with Gasteiger partial charge in [0.1, 0.15) is 0 Å². The van der Waals surface area contributed by atoms with Crippen molar-refractivity contribution in [3.05, 3.63) is 29.6 Å². The molecule has 76 valence electrons. The number of hydrogen-bond acceptors (Lipinski definition) is 3. The van der Waals surface area contributed by atoms with Crippen molar-refractivity contribution < 1.29 is 9.90 Å². The zero-order valence-electron chi connectivity index (χ0n) is 8.10. The van der Waals surface area contributed by atoms with Gasteiger partial charge in [-0.05, 0) is 18.1 Å². The van der Waals surface area contributed by atoms with E-state index in [9.17, 15) is 4.79 Å². The Labute approximate surface area is 82.8 Å². The van der Waals surface area contributed by atoms with Gasteiger partial charge in [0.05, 0.1) is 6.42 Å². The molecule has 0 spiro atoms. The Kier molecular flexibility index (Phi) is 3.59. The number of aryl methyl sites for hydroxylation is 1. The van der Waals surface area contributed by atoms with Gasteiger partial charge in [-0.3, -0.25) is 9.78 Å². The monoisotopic (exact) mass is 194 g/mol. The minimum atomic E-state index is -0.892. The van der Waals surface area contributed by atoms with Gasteiger partial charge >= 0.3 is 5.97 Å². The number of rotatable bonds is 4. The van der Waals surface area contributed by atoms with Crippen LogP contribution in [0.1, 0.15) is 30.6 Å². The van der Waals surface area contributed by atoms with Crippen molar-refractivity contribution in [2.24, 2.45) is 5.73 Å². The van der Waals surface area contributed by atoms with Crippen LogP contribution in [0.15, 0.2) is 18.3 Å². The average Bonchev–Trinajstić information content (AvgIpc) is 2.17. The molecule has 0 aliphatic rings. The molecule has 0 fully saturated rings. The predicted octanol–water partition coefficient (Wildman–Crippen LogP) is 1.12. The van der Waals surface area contributed by atoms with Crippen LogP contribution in [0.4, 0.5) is 0 Å². The van der Waals surface area contributed by atoms with E-state index >= 15 is 0 Å². The van der Waals surface area contributed by atoms with Crippen molar-refractivity contribution in [2.75, 3.05) is 0 Å². The van der Waals surface area contributed by atoms with Crippen LogP contribution >= 0.6 is 0 Å². The molecule has 1 atom stereocenters. The summed E-state index contributed by atoms with van der Waals surface area (Å²) in [7, 11) is 0. The first-order chi connectivity index (χ1) is 6.63. The van der Waals surface area contributed by atoms with E-state index in [0.29, 0.717) is 0 Å². The number of nitrogens with two attached hydrogens (primary N) is 1. The van der Waals surface area contributed by atoms with E-state index < -0.39 is 12.0 Å². The third kappa shape index (κ3) is 2.81. The van der Waals surface area contributed by atoms with Gasteiger partial charge in [-0.15, -0.1) is 0 Å². The van der Waals surface area contributed by atoms with Gasteiger partial charge in [0.25, 0.3) is 0 Å². The summed E-state index contributed by atoms with van der Waals surface area (Å²) in [6, 6.07) is 3.24. The third-order valence-electron chi connectivity index (χ3n) is 2.03. The lowest BCUT2D eigenvalue weighted by Crippen LogP contribution is -2.15. The maximum Gasteiger partial charge on any atom is 0.305 e. The van der Waals surface area contributed by atoms with Crippen molar-refractivity contribution in [3.63, 3.8) is 0 Å². The fourth-order valence-electron chi connectivity index (χ4n) is 1.17. The van der Waals surface area contributed by atoms with Gasteiger partial charge < -0.3 is 10.8 Å². The normalized spacial score (nSPS) is 12.4. The first-order valence-electron chi connectivity index (χ1n) is 4.55. The number of nitrogens with zero attached hydrogens (tertiary/aromatic N) is 1. The molecule has 4 heteroatoms. The van der Waals surface area contributed by atoms with Gasteiger partial charge in [-0.2, -0.15) is 0 Å². The molecule has 0 amide bonds. The van der Waals surface area contributed by atoms with E-state index in [-0.39, 0.29) is 6.42 Å². The molecular formula is C10H14N2O2. The van der Waals surface area contributed by atoms with Crippen molar-refractivity contribution in [1.29, 1.82) is 0 Å². The number of hydrogen-bond donors (Lipinski definition) is 2. The number of aromatic nitrogens is 1. The second-order valence-corrected chi connectivity index (χ2v) is 3.14. The van der Waals surface area contributed by atoms with Gasteiger partial charge in [0.2, 0.25) is 0 Å². The first kappa shape index (κ1) is 10.7. The molecule has 14 heavy (non-hydrogen) atoms. The zero-order valence-corrected chi connectivity index (χ0v) is 8.10. The minimum absolute atomic E-state index is 0.0623. The summed E-state index contributed by atoms with van der Waals surface area (Å²) < 4.78 is 0. The number of pyridine rings is 1. The zero-order chi connectivity index (χ0) is 10.6. The van der Waals surface area contributed by atoms with E-state index in [0.717, 1.165) is 17.7 Å². The number of carboxylic acid groups (broad SMARTS) is 1. The van der Waals surface area contributed by atoms with Crippen molar-refractivity contribution in [3.8, 4) is 0 Å². The van der Waals surface area contributed by atoms with Crippen LogP contribution in [-0.2, 0) is 11.2 Å². The lowest BCUT2D eigenvalue weighted by Gasteiger charge is -2.08. The molecule has 0 aliphatic heterocycles. The van der Waals surface area contributed by atoms with Gasteiger partial charge in [0.15, 0.2) is 0 Å². The van der Waals surface area contributed by atoms with E-state index in [2.05, 4.69) is 4.98 Å². The summed E-state index contributed by atoms with van der Waals surface area (Å²) in [5, 5.41) is 8.55. The Hall–Kier alpha value is -1.42. The molecule has 0 aromatic carbocycles. The Balaban J connectivity index is 2.71. The highest BCUT2D eigenvalue weighted by Gasteiger charge is 2.10. The van der Waals surface area contributed by atoms with Gasteiger partial charge in [0, 0.05) is 17.9 Å². The Morgan fingerprint density at radius 2 is 2.36 bits per heavy atom. The summed E-state index contributed by atoms with van der Waals surface area (Å²) in [4.78, 5) is 14.6. The molecule has 1 heterocycles. The van der Waals surface area contributed by atoms with Crippen LogP contribution in [0.5, 0.6) is 0 Å². The molecule has 4 nitrogen and oxygen atoms in total. The van der Waals surface area contributed by atoms with E-state index in [1.165, 1.54) is 0 Å². The Morgan fingerprint density at radius 1 is 1.64 bits per heavy atom. The maximum atomic E-state index is 10.4. The summed E-state index contributed by atoms with van der Waals surface area (Å²) in [6.07, 6.45) is 2.45. The minimum Gasteiger partial charge on any atom is -0.481 e. The summed E-state index contributed by atoms with van der Waals surface area (Å²) in [6.45, 7) is 2.01. The molecule has 0 saturated heterocycles. The first-order valence-corrected chi connectivity index (χ1v) is 4.55. The van der Waals surface area contributed by atoms with Gasteiger partial charge in [-0.25, -0.2) is 0 Å². The van der Waals surface area contributed by atoms with Crippen LogP contribution < -0.4 is 5.73 Å². The molecule has 1 aromatic rings. The highest BCUT2D eigenvalue weighted by Crippen LogP contribution is 2.12. The molecule has 1 unspecified atom stereocenters. The predicted molar refractivity (Wildman–Crippen MR) is 52.8 cm³/mol. The van der Waals surface area contributed by atoms with Crippen LogP contribution in [-0.4, -0.2) is 16.1 Å². The SMILES string of the molecule is CCc1ccc(C(N)CC(=O)O)cn1. The van der Waals surface area contributed by atoms with Gasteiger partial charge in [-0.1, -0.05) is 13.0 Å². The van der Waals surface area contributed by atoms with Crippen molar-refractivity contribution in [2.45, 2.75) is 25.8 Å². The van der Waals surface area contributed by atoms with E-state index in [4.69, 9.17) is 10.8 Å². The molecule has 0 saturated carbocycles. The maximum absolute atomic E-state index is 10.4. The highest BCUT2D eigenvalue weighted by molar-refractivity contribution is 5.67. The molecule has 1 aromatic heterocycles. The fourth-order valence-corrected chi connectivity index (χ4v) is 1.17. The van der Waals surface area contributed by atoms with Crippen molar-refractivity contribution in [1.82, 2.24) is 4.98 Å². The second-order valence-electron chi connectivity index (χ2n) is 3.14. The molecule has 0 bridgehead atoms. The number of carboxylic acids is 1. The highest BCUT2D eigenvalue weighted by atomic mass is 16.4. The van der Waals surface area contributed by atoms with E-state index in [1.54, 1.807) is 6.20 Å². The Morgan fingerprint density at radius 3 is 2.79 bits per heavy atom. The molecule has 0 aliphatic carbocycles. The molecular weight excluding hydrogens is 180 g/mol. The van der Waals surface area contributed by atoms with Crippen LogP contribution in [0.2, 0.25) is 0 Å². The molecule has 1 rings (SSSR count). The number of aliphatic carboxylic acids is 1. The molecule has 3 N–H and O–H groups in total. The third-order valence-corrected chi connectivity index (χ3v) is 2.03. The second kappa shape index (κ2) is 4.72. The lowest BCUT2D eigenvalue weighted by molar-refractivity contribution is -0.137. The summed E-state index contributed by atoms with van der Waals surface area (Å²) in [5.74, 6) is -0.892. The van der Waals surface area contributed by atoms with Crippen molar-refractivity contribution >= 4 is 5.97 Å². The summed E-state index contributed by atoms with van der Waals surface area (Å²) >= 11 is 0. The fraction of sp³-hybridized carbons (Fsp3) is 0.400. The lowest BCUT2D eigenvalue weighted by atomic mass is 10.1. The standard InChI is InChI=1S/C10H14N2O2/c1-2-8-4-3-7(6-12-8)9(11)5-10(13)14/h3-4,6,9H,2,5,11H2,1H3,(H,13,14).